The summed E-state index contributed by atoms with van der Waals surface area (Å²) in [5, 5.41) is 20.4. The van der Waals surface area contributed by atoms with Gasteiger partial charge in [-0.1, -0.05) is 18.6 Å². The monoisotopic (exact) mass is 278 g/mol. The molecule has 1 aromatic carbocycles. The third kappa shape index (κ3) is 4.02. The average molecular weight is 278 g/mol. The van der Waals surface area contributed by atoms with Crippen LogP contribution in [0.5, 0.6) is 0 Å². The van der Waals surface area contributed by atoms with Crippen molar-refractivity contribution in [2.45, 2.75) is 31.8 Å². The van der Waals surface area contributed by atoms with Crippen LogP contribution < -0.4 is 0 Å². The highest BCUT2D eigenvalue weighted by Crippen LogP contribution is 2.26. The molecule has 5 heteroatoms. The fourth-order valence-electron chi connectivity index (χ4n) is 2.83. The number of non-ortho nitro benzene ring substituents is 1. The molecular weight excluding hydrogens is 256 g/mol. The van der Waals surface area contributed by atoms with Crippen LogP contribution in [0.4, 0.5) is 5.69 Å². The van der Waals surface area contributed by atoms with E-state index in [0.29, 0.717) is 5.92 Å². The van der Waals surface area contributed by atoms with Crippen molar-refractivity contribution in [2.24, 2.45) is 5.92 Å². The second kappa shape index (κ2) is 6.81. The van der Waals surface area contributed by atoms with E-state index >= 15 is 0 Å². The molecule has 0 radical (unpaired) electrons. The second-order valence-corrected chi connectivity index (χ2v) is 5.69. The van der Waals surface area contributed by atoms with Crippen LogP contribution in [-0.2, 0) is 6.42 Å². The van der Waals surface area contributed by atoms with Crippen molar-refractivity contribution >= 4 is 5.69 Å². The zero-order valence-electron chi connectivity index (χ0n) is 11.9. The lowest BCUT2D eigenvalue weighted by atomic mass is 10.1. The van der Waals surface area contributed by atoms with Gasteiger partial charge in [-0.3, -0.25) is 10.1 Å². The van der Waals surface area contributed by atoms with E-state index < -0.39 is 0 Å². The topological polar surface area (TPSA) is 66.6 Å². The van der Waals surface area contributed by atoms with Crippen molar-refractivity contribution in [2.75, 3.05) is 20.1 Å². The highest BCUT2D eigenvalue weighted by atomic mass is 16.6. The van der Waals surface area contributed by atoms with Gasteiger partial charge in [-0.25, -0.2) is 0 Å². The number of nitro groups is 1. The summed E-state index contributed by atoms with van der Waals surface area (Å²) in [7, 11) is 2.07. The first-order valence-electron chi connectivity index (χ1n) is 7.16. The molecule has 1 aliphatic carbocycles. The molecule has 110 valence electrons. The van der Waals surface area contributed by atoms with Crippen LogP contribution in [0.2, 0.25) is 0 Å². The van der Waals surface area contributed by atoms with E-state index in [1.54, 1.807) is 12.1 Å². The Kier molecular flexibility index (Phi) is 5.09. The minimum Gasteiger partial charge on any atom is -0.393 e. The SMILES string of the molecule is CN(CCc1ccc([N+](=O)[O-])cc1)CC1CCCC1O. The molecule has 2 atom stereocenters. The molecule has 20 heavy (non-hydrogen) atoms. The van der Waals surface area contributed by atoms with Gasteiger partial charge in [0.1, 0.15) is 0 Å². The number of aliphatic hydroxyl groups is 1. The van der Waals surface area contributed by atoms with Crippen molar-refractivity contribution in [1.82, 2.24) is 4.90 Å². The van der Waals surface area contributed by atoms with Gasteiger partial charge in [0.05, 0.1) is 11.0 Å². The third-order valence-corrected chi connectivity index (χ3v) is 4.09. The van der Waals surface area contributed by atoms with E-state index in [-0.39, 0.29) is 16.7 Å². The van der Waals surface area contributed by atoms with Gasteiger partial charge < -0.3 is 10.0 Å². The Morgan fingerprint density at radius 3 is 2.60 bits per heavy atom. The van der Waals surface area contributed by atoms with E-state index in [2.05, 4.69) is 11.9 Å². The maximum atomic E-state index is 10.6. The van der Waals surface area contributed by atoms with Crippen molar-refractivity contribution in [3.63, 3.8) is 0 Å². The lowest BCUT2D eigenvalue weighted by Gasteiger charge is -2.23. The van der Waals surface area contributed by atoms with Crippen molar-refractivity contribution in [1.29, 1.82) is 0 Å². The molecule has 2 unspecified atom stereocenters. The van der Waals surface area contributed by atoms with Gasteiger partial charge in [0, 0.05) is 25.2 Å². The maximum absolute atomic E-state index is 10.6. The van der Waals surface area contributed by atoms with Crippen molar-refractivity contribution in [3.8, 4) is 0 Å². The van der Waals surface area contributed by atoms with Gasteiger partial charge in [-0.2, -0.15) is 0 Å². The molecule has 0 bridgehead atoms. The van der Waals surface area contributed by atoms with E-state index in [9.17, 15) is 15.2 Å². The standard InChI is InChI=1S/C15H22N2O3/c1-16(11-13-3-2-4-15(13)18)10-9-12-5-7-14(8-6-12)17(19)20/h5-8,13,15,18H,2-4,9-11H2,1H3. The van der Waals surface area contributed by atoms with Crippen LogP contribution in [0, 0.1) is 16.0 Å². The quantitative estimate of drug-likeness (QED) is 0.640. The number of aliphatic hydroxyl groups excluding tert-OH is 1. The zero-order valence-corrected chi connectivity index (χ0v) is 11.9. The van der Waals surface area contributed by atoms with Gasteiger partial charge >= 0.3 is 0 Å². The molecule has 1 aliphatic rings. The van der Waals surface area contributed by atoms with Gasteiger partial charge in [-0.05, 0) is 37.8 Å². The first-order chi connectivity index (χ1) is 9.56. The number of rotatable bonds is 6. The molecule has 5 nitrogen and oxygen atoms in total. The van der Waals surface area contributed by atoms with E-state index in [1.807, 2.05) is 12.1 Å². The number of hydrogen-bond donors (Lipinski definition) is 1. The fraction of sp³-hybridized carbons (Fsp3) is 0.600. The van der Waals surface area contributed by atoms with Crippen LogP contribution in [0.1, 0.15) is 24.8 Å². The summed E-state index contributed by atoms with van der Waals surface area (Å²) in [4.78, 5) is 12.4. The molecule has 0 heterocycles. The van der Waals surface area contributed by atoms with E-state index in [4.69, 9.17) is 0 Å². The smallest absolute Gasteiger partial charge is 0.269 e. The number of nitro benzene ring substituents is 1. The Morgan fingerprint density at radius 1 is 1.35 bits per heavy atom. The Hall–Kier alpha value is -1.46. The molecule has 1 aromatic rings. The van der Waals surface area contributed by atoms with Gasteiger partial charge in [-0.15, -0.1) is 0 Å². The summed E-state index contributed by atoms with van der Waals surface area (Å²) >= 11 is 0. The Morgan fingerprint density at radius 2 is 2.05 bits per heavy atom. The number of likely N-dealkylation sites (N-methyl/N-ethyl adjacent to an activating group) is 1. The summed E-state index contributed by atoms with van der Waals surface area (Å²) in [5.74, 6) is 0.400. The first kappa shape index (κ1) is 14.9. The van der Waals surface area contributed by atoms with Gasteiger partial charge in [0.25, 0.3) is 5.69 Å². The first-order valence-corrected chi connectivity index (χ1v) is 7.16. The number of benzene rings is 1. The van der Waals surface area contributed by atoms with Gasteiger partial charge in [0.15, 0.2) is 0 Å². The van der Waals surface area contributed by atoms with Crippen LogP contribution in [0.25, 0.3) is 0 Å². The molecule has 2 rings (SSSR count). The summed E-state index contributed by atoms with van der Waals surface area (Å²) < 4.78 is 0. The Balaban J connectivity index is 1.77. The Bertz CT molecular complexity index is 447. The Labute approximate surface area is 119 Å². The second-order valence-electron chi connectivity index (χ2n) is 5.69. The molecule has 0 saturated heterocycles. The maximum Gasteiger partial charge on any atom is 0.269 e. The van der Waals surface area contributed by atoms with Gasteiger partial charge in [0.2, 0.25) is 0 Å². The van der Waals surface area contributed by atoms with Crippen molar-refractivity contribution in [3.05, 3.63) is 39.9 Å². The summed E-state index contributed by atoms with van der Waals surface area (Å²) in [5.41, 5.74) is 1.24. The normalized spacial score (nSPS) is 22.4. The zero-order chi connectivity index (χ0) is 14.5. The lowest BCUT2D eigenvalue weighted by Crippen LogP contribution is -2.31. The molecule has 0 aliphatic heterocycles. The van der Waals surface area contributed by atoms with Crippen LogP contribution in [-0.4, -0.2) is 41.2 Å². The molecule has 1 saturated carbocycles. The van der Waals surface area contributed by atoms with Crippen molar-refractivity contribution < 1.29 is 10.0 Å². The van der Waals surface area contributed by atoms with E-state index in [0.717, 1.165) is 44.3 Å². The molecule has 0 amide bonds. The minimum absolute atomic E-state index is 0.135. The summed E-state index contributed by atoms with van der Waals surface area (Å²) in [6, 6.07) is 6.74. The molecular formula is C15H22N2O3. The highest BCUT2D eigenvalue weighted by Gasteiger charge is 2.25. The number of nitrogens with zero attached hydrogens (tertiary/aromatic N) is 2. The molecule has 1 fully saturated rings. The lowest BCUT2D eigenvalue weighted by molar-refractivity contribution is -0.384. The third-order valence-electron chi connectivity index (χ3n) is 4.09. The number of hydrogen-bond acceptors (Lipinski definition) is 4. The summed E-state index contributed by atoms with van der Waals surface area (Å²) in [6.45, 7) is 1.83. The largest absolute Gasteiger partial charge is 0.393 e. The molecule has 0 spiro atoms. The fourth-order valence-corrected chi connectivity index (χ4v) is 2.83. The molecule has 0 aromatic heterocycles. The predicted octanol–water partition coefficient (Wildman–Crippen LogP) is 2.23. The highest BCUT2D eigenvalue weighted by molar-refractivity contribution is 5.32. The van der Waals surface area contributed by atoms with Crippen LogP contribution in [0.3, 0.4) is 0 Å². The van der Waals surface area contributed by atoms with Crippen LogP contribution in [0.15, 0.2) is 24.3 Å². The molecule has 1 N–H and O–H groups in total. The predicted molar refractivity (Wildman–Crippen MR) is 77.6 cm³/mol. The average Bonchev–Trinajstić information content (AvgIpc) is 2.82. The minimum atomic E-state index is -0.378. The summed E-state index contributed by atoms with van der Waals surface area (Å²) in [6.07, 6.45) is 3.90. The van der Waals surface area contributed by atoms with E-state index in [1.165, 1.54) is 0 Å². The van der Waals surface area contributed by atoms with Crippen LogP contribution >= 0.6 is 0 Å².